The highest BCUT2D eigenvalue weighted by molar-refractivity contribution is 7.92. The van der Waals surface area contributed by atoms with E-state index in [9.17, 15) is 13.2 Å². The smallest absolute Gasteiger partial charge is 0.236 e. The van der Waals surface area contributed by atoms with Gasteiger partial charge < -0.3 is 4.90 Å². The lowest BCUT2D eigenvalue weighted by atomic mass is 10.2. The molecular formula is C17H24N2O3S. The fourth-order valence-electron chi connectivity index (χ4n) is 2.49. The van der Waals surface area contributed by atoms with E-state index >= 15 is 0 Å². The maximum absolute atomic E-state index is 12.3. The molecule has 1 aliphatic heterocycles. The van der Waals surface area contributed by atoms with Gasteiger partial charge in [-0.15, -0.1) is 0 Å². The van der Waals surface area contributed by atoms with Gasteiger partial charge in [0.05, 0.1) is 0 Å². The van der Waals surface area contributed by atoms with E-state index < -0.39 is 10.0 Å². The minimum Gasteiger partial charge on any atom is -0.340 e. The van der Waals surface area contributed by atoms with Crippen molar-refractivity contribution in [3.05, 3.63) is 41.3 Å². The van der Waals surface area contributed by atoms with Crippen molar-refractivity contribution in [1.29, 1.82) is 0 Å². The Balaban J connectivity index is 1.91. The molecule has 1 aromatic carbocycles. The van der Waals surface area contributed by atoms with Crippen LogP contribution in [0.4, 0.5) is 0 Å². The Hall–Kier alpha value is -1.66. The van der Waals surface area contributed by atoms with Crippen molar-refractivity contribution < 1.29 is 13.2 Å². The van der Waals surface area contributed by atoms with Crippen molar-refractivity contribution in [3.8, 4) is 0 Å². The van der Waals surface area contributed by atoms with Gasteiger partial charge in [-0.1, -0.05) is 43.7 Å². The Morgan fingerprint density at radius 2 is 1.78 bits per heavy atom. The molecule has 2 rings (SSSR count). The highest BCUT2D eigenvalue weighted by atomic mass is 32.2. The molecule has 6 heteroatoms. The van der Waals surface area contributed by atoms with Crippen LogP contribution in [0, 0.1) is 0 Å². The van der Waals surface area contributed by atoms with E-state index in [-0.39, 0.29) is 5.91 Å². The van der Waals surface area contributed by atoms with Crippen molar-refractivity contribution >= 4 is 22.0 Å². The largest absolute Gasteiger partial charge is 0.340 e. The molecule has 0 unspecified atom stereocenters. The molecule has 1 aromatic rings. The number of piperazine rings is 1. The van der Waals surface area contributed by atoms with Crippen LogP contribution in [0.3, 0.4) is 0 Å². The molecular weight excluding hydrogens is 312 g/mol. The van der Waals surface area contributed by atoms with Crippen molar-refractivity contribution in [2.45, 2.75) is 26.2 Å². The first kappa shape index (κ1) is 17.7. The zero-order valence-electron chi connectivity index (χ0n) is 13.5. The fourth-order valence-corrected chi connectivity index (χ4v) is 3.67. The Morgan fingerprint density at radius 3 is 2.39 bits per heavy atom. The molecule has 1 saturated heterocycles. The van der Waals surface area contributed by atoms with Crippen LogP contribution in [0.5, 0.6) is 0 Å². The van der Waals surface area contributed by atoms with Gasteiger partial charge in [0.15, 0.2) is 0 Å². The predicted molar refractivity (Wildman–Crippen MR) is 92.1 cm³/mol. The van der Waals surface area contributed by atoms with E-state index in [4.69, 9.17) is 0 Å². The first-order valence-corrected chi connectivity index (χ1v) is 9.54. The van der Waals surface area contributed by atoms with E-state index in [1.807, 2.05) is 30.3 Å². The summed E-state index contributed by atoms with van der Waals surface area (Å²) in [5.41, 5.74) is 0.851. The third kappa shape index (κ3) is 5.18. The second-order valence-electron chi connectivity index (χ2n) is 5.64. The highest BCUT2D eigenvalue weighted by Crippen LogP contribution is 2.12. The summed E-state index contributed by atoms with van der Waals surface area (Å²) in [6.45, 7) is 3.72. The number of rotatable bonds is 6. The van der Waals surface area contributed by atoms with Gasteiger partial charge >= 0.3 is 0 Å². The molecule has 1 heterocycles. The van der Waals surface area contributed by atoms with E-state index in [0.717, 1.165) is 18.4 Å². The molecule has 0 atom stereocenters. The van der Waals surface area contributed by atoms with Gasteiger partial charge in [0.25, 0.3) is 0 Å². The molecule has 0 spiro atoms. The SMILES string of the molecule is CCCCC(=O)N1CCN(S(=O)(=O)C=Cc2ccccc2)CC1. The van der Waals surface area contributed by atoms with Crippen molar-refractivity contribution in [2.24, 2.45) is 0 Å². The monoisotopic (exact) mass is 336 g/mol. The van der Waals surface area contributed by atoms with Gasteiger partial charge in [-0.2, -0.15) is 4.31 Å². The Bertz CT molecular complexity index is 633. The summed E-state index contributed by atoms with van der Waals surface area (Å²) >= 11 is 0. The number of unbranched alkanes of at least 4 members (excludes halogenated alkanes) is 1. The lowest BCUT2D eigenvalue weighted by Gasteiger charge is -2.33. The molecule has 0 N–H and O–H groups in total. The van der Waals surface area contributed by atoms with E-state index in [0.29, 0.717) is 32.6 Å². The van der Waals surface area contributed by atoms with E-state index in [2.05, 4.69) is 6.92 Å². The number of nitrogens with zero attached hydrogens (tertiary/aromatic N) is 2. The van der Waals surface area contributed by atoms with Crippen molar-refractivity contribution in [1.82, 2.24) is 9.21 Å². The lowest BCUT2D eigenvalue weighted by Crippen LogP contribution is -2.50. The zero-order valence-corrected chi connectivity index (χ0v) is 14.3. The number of benzene rings is 1. The molecule has 1 aliphatic rings. The molecule has 1 fully saturated rings. The predicted octanol–water partition coefficient (Wildman–Crippen LogP) is 2.32. The van der Waals surface area contributed by atoms with E-state index in [1.165, 1.54) is 9.71 Å². The van der Waals surface area contributed by atoms with Gasteiger partial charge in [0.1, 0.15) is 0 Å². The summed E-state index contributed by atoms with van der Waals surface area (Å²) in [5.74, 6) is 0.128. The molecule has 0 saturated carbocycles. The molecule has 0 radical (unpaired) electrons. The van der Waals surface area contributed by atoms with Crippen LogP contribution in [0.25, 0.3) is 6.08 Å². The maximum atomic E-state index is 12.3. The van der Waals surface area contributed by atoms with E-state index in [1.54, 1.807) is 11.0 Å². The topological polar surface area (TPSA) is 57.7 Å². The lowest BCUT2D eigenvalue weighted by molar-refractivity contribution is -0.132. The Morgan fingerprint density at radius 1 is 1.13 bits per heavy atom. The quantitative estimate of drug-likeness (QED) is 0.801. The molecule has 5 nitrogen and oxygen atoms in total. The van der Waals surface area contributed by atoms with Crippen LogP contribution in [0.2, 0.25) is 0 Å². The summed E-state index contributed by atoms with van der Waals surface area (Å²) in [6.07, 6.45) is 4.03. The van der Waals surface area contributed by atoms with Crippen molar-refractivity contribution in [3.63, 3.8) is 0 Å². The van der Waals surface area contributed by atoms with Gasteiger partial charge in [0.2, 0.25) is 15.9 Å². The highest BCUT2D eigenvalue weighted by Gasteiger charge is 2.26. The third-order valence-corrected chi connectivity index (χ3v) is 5.49. The van der Waals surface area contributed by atoms with Crippen LogP contribution < -0.4 is 0 Å². The number of hydrogen-bond donors (Lipinski definition) is 0. The maximum Gasteiger partial charge on any atom is 0.236 e. The van der Waals surface area contributed by atoms with Crippen LogP contribution in [0.15, 0.2) is 35.7 Å². The zero-order chi connectivity index (χ0) is 16.7. The average molecular weight is 336 g/mol. The van der Waals surface area contributed by atoms with Crippen LogP contribution in [0.1, 0.15) is 31.7 Å². The van der Waals surface area contributed by atoms with Gasteiger partial charge in [-0.25, -0.2) is 8.42 Å². The fraction of sp³-hybridized carbons (Fsp3) is 0.471. The molecule has 126 valence electrons. The number of carbonyl (C=O) groups excluding carboxylic acids is 1. The average Bonchev–Trinajstić information content (AvgIpc) is 2.59. The third-order valence-electron chi connectivity index (χ3n) is 3.93. The van der Waals surface area contributed by atoms with Crippen molar-refractivity contribution in [2.75, 3.05) is 26.2 Å². The summed E-state index contributed by atoms with van der Waals surface area (Å²) < 4.78 is 26.1. The standard InChI is InChI=1S/C17H24N2O3S/c1-2-3-9-17(20)18-11-13-19(14-12-18)23(21,22)15-10-16-7-5-4-6-8-16/h4-8,10,15H,2-3,9,11-14H2,1H3. The summed E-state index contributed by atoms with van der Waals surface area (Å²) in [6, 6.07) is 9.34. The first-order chi connectivity index (χ1) is 11.0. The minimum atomic E-state index is -3.43. The molecule has 0 bridgehead atoms. The van der Waals surface area contributed by atoms with Gasteiger partial charge in [0, 0.05) is 38.0 Å². The molecule has 0 aliphatic carbocycles. The van der Waals surface area contributed by atoms with Crippen LogP contribution in [-0.2, 0) is 14.8 Å². The number of carbonyl (C=O) groups is 1. The number of sulfonamides is 1. The Labute approximate surface area is 138 Å². The minimum absolute atomic E-state index is 0.128. The summed E-state index contributed by atoms with van der Waals surface area (Å²) in [4.78, 5) is 13.7. The summed E-state index contributed by atoms with van der Waals surface area (Å²) in [5, 5.41) is 1.25. The number of hydrogen-bond acceptors (Lipinski definition) is 3. The molecule has 1 amide bonds. The first-order valence-electron chi connectivity index (χ1n) is 8.04. The second kappa shape index (κ2) is 8.26. The van der Waals surface area contributed by atoms with Crippen LogP contribution >= 0.6 is 0 Å². The molecule has 0 aromatic heterocycles. The summed E-state index contributed by atoms with van der Waals surface area (Å²) in [7, 11) is -3.43. The van der Waals surface area contributed by atoms with Crippen LogP contribution in [-0.4, -0.2) is 49.7 Å². The molecule has 23 heavy (non-hydrogen) atoms. The number of amides is 1. The normalized spacial score (nSPS) is 16.8. The Kier molecular flexibility index (Phi) is 6.36. The van der Waals surface area contributed by atoms with Gasteiger partial charge in [-0.05, 0) is 18.1 Å². The second-order valence-corrected chi connectivity index (χ2v) is 7.46. The van der Waals surface area contributed by atoms with Gasteiger partial charge in [-0.3, -0.25) is 4.79 Å².